The highest BCUT2D eigenvalue weighted by Crippen LogP contribution is 2.20. The van der Waals surface area contributed by atoms with Crippen LogP contribution < -0.4 is 5.56 Å². The lowest BCUT2D eigenvalue weighted by Gasteiger charge is -2.06. The molecule has 1 aliphatic rings. The fourth-order valence-electron chi connectivity index (χ4n) is 1.51. The zero-order chi connectivity index (χ0) is 9.97. The number of ether oxygens (including phenoxy) is 1. The summed E-state index contributed by atoms with van der Waals surface area (Å²) in [7, 11) is 0. The molecule has 0 saturated carbocycles. The molecule has 1 fully saturated rings. The summed E-state index contributed by atoms with van der Waals surface area (Å²) >= 11 is 0. The summed E-state index contributed by atoms with van der Waals surface area (Å²) in [5, 5.41) is 8.79. The van der Waals surface area contributed by atoms with Crippen molar-refractivity contribution >= 4 is 0 Å². The van der Waals surface area contributed by atoms with Gasteiger partial charge >= 0.3 is 0 Å². The highest BCUT2D eigenvalue weighted by atomic mass is 16.5. The van der Waals surface area contributed by atoms with Gasteiger partial charge in [0, 0.05) is 18.7 Å². The van der Waals surface area contributed by atoms with E-state index >= 15 is 0 Å². The first-order valence-electron chi connectivity index (χ1n) is 4.58. The molecule has 2 heterocycles. The number of hydrogen-bond acceptors (Lipinski definition) is 4. The number of rotatable bonds is 2. The van der Waals surface area contributed by atoms with E-state index in [1.807, 2.05) is 0 Å². The molecular weight excluding hydrogens is 184 g/mol. The minimum atomic E-state index is -0.274. The van der Waals surface area contributed by atoms with Crippen molar-refractivity contribution in [2.45, 2.75) is 18.9 Å². The number of H-pyrrole nitrogens is 1. The van der Waals surface area contributed by atoms with E-state index in [1.165, 1.54) is 6.20 Å². The van der Waals surface area contributed by atoms with Crippen LogP contribution in [0.2, 0.25) is 0 Å². The predicted octanol–water partition coefficient (Wildman–Crippen LogP) is -0.234. The molecule has 1 aromatic rings. The van der Waals surface area contributed by atoms with Crippen LogP contribution in [0.25, 0.3) is 0 Å². The van der Waals surface area contributed by atoms with E-state index in [1.54, 1.807) is 0 Å². The van der Waals surface area contributed by atoms with Crippen molar-refractivity contribution in [3.8, 4) is 0 Å². The van der Waals surface area contributed by atoms with E-state index in [4.69, 9.17) is 9.84 Å². The van der Waals surface area contributed by atoms with Crippen molar-refractivity contribution < 1.29 is 9.84 Å². The molecule has 2 N–H and O–H groups in total. The van der Waals surface area contributed by atoms with Crippen LogP contribution in [-0.4, -0.2) is 28.3 Å². The van der Waals surface area contributed by atoms with Crippen molar-refractivity contribution in [3.05, 3.63) is 27.9 Å². The molecule has 76 valence electrons. The summed E-state index contributed by atoms with van der Waals surface area (Å²) in [6.45, 7) is 1.06. The first kappa shape index (κ1) is 9.36. The third-order valence-corrected chi connectivity index (χ3v) is 2.38. The average molecular weight is 196 g/mol. The lowest BCUT2D eigenvalue weighted by Crippen LogP contribution is -2.18. The summed E-state index contributed by atoms with van der Waals surface area (Å²) < 4.78 is 5.20. The second kappa shape index (κ2) is 3.89. The molecule has 14 heavy (non-hydrogen) atoms. The zero-order valence-electron chi connectivity index (χ0n) is 7.69. The van der Waals surface area contributed by atoms with Crippen molar-refractivity contribution in [1.82, 2.24) is 9.97 Å². The Hall–Kier alpha value is -1.20. The first-order valence-corrected chi connectivity index (χ1v) is 4.58. The molecular formula is C9H12N2O3. The topological polar surface area (TPSA) is 75.2 Å². The van der Waals surface area contributed by atoms with Crippen molar-refractivity contribution in [2.75, 3.05) is 13.2 Å². The molecule has 2 rings (SSSR count). The molecule has 0 bridgehead atoms. The minimum Gasteiger partial charge on any atom is -0.391 e. The van der Waals surface area contributed by atoms with Crippen LogP contribution in [0.4, 0.5) is 0 Å². The number of nitrogens with one attached hydrogen (secondary N) is 1. The van der Waals surface area contributed by atoms with Crippen molar-refractivity contribution in [3.63, 3.8) is 0 Å². The normalized spacial score (nSPS) is 21.4. The van der Waals surface area contributed by atoms with Crippen LogP contribution in [0, 0.1) is 0 Å². The van der Waals surface area contributed by atoms with E-state index in [0.717, 1.165) is 13.0 Å². The molecule has 5 heteroatoms. The number of nitrogens with zero attached hydrogens (tertiary/aromatic N) is 1. The molecule has 5 nitrogen and oxygen atoms in total. The number of aliphatic hydroxyl groups is 1. The second-order valence-corrected chi connectivity index (χ2v) is 3.34. The van der Waals surface area contributed by atoms with Gasteiger partial charge in [0.1, 0.15) is 5.82 Å². The molecule has 1 aliphatic heterocycles. The van der Waals surface area contributed by atoms with E-state index in [2.05, 4.69) is 9.97 Å². The van der Waals surface area contributed by atoms with Crippen LogP contribution in [0.15, 0.2) is 11.0 Å². The maximum atomic E-state index is 11.3. The Kier molecular flexibility index (Phi) is 2.60. The van der Waals surface area contributed by atoms with E-state index in [-0.39, 0.29) is 18.1 Å². The van der Waals surface area contributed by atoms with Crippen LogP contribution in [-0.2, 0) is 11.3 Å². The summed E-state index contributed by atoms with van der Waals surface area (Å²) in [5.74, 6) is 0.847. The maximum absolute atomic E-state index is 11.3. The van der Waals surface area contributed by atoms with Crippen LogP contribution in [0.1, 0.15) is 23.7 Å². The average Bonchev–Trinajstić information content (AvgIpc) is 2.70. The molecule has 0 amide bonds. The van der Waals surface area contributed by atoms with Gasteiger partial charge in [0.25, 0.3) is 5.56 Å². The lowest BCUT2D eigenvalue weighted by molar-refractivity contribution is 0.193. The molecule has 1 unspecified atom stereocenters. The Balaban J connectivity index is 2.27. The Bertz CT molecular complexity index is 369. The number of aromatic amines is 1. The SMILES string of the molecule is O=c1[nH]c(C2CCOC2)ncc1CO. The Labute approximate surface area is 80.8 Å². The fraction of sp³-hybridized carbons (Fsp3) is 0.556. The van der Waals surface area contributed by atoms with Crippen molar-refractivity contribution in [2.24, 2.45) is 0 Å². The van der Waals surface area contributed by atoms with Gasteiger partial charge in [0.15, 0.2) is 0 Å². The van der Waals surface area contributed by atoms with E-state index in [0.29, 0.717) is 18.0 Å². The smallest absolute Gasteiger partial charge is 0.256 e. The molecule has 1 saturated heterocycles. The van der Waals surface area contributed by atoms with Crippen LogP contribution >= 0.6 is 0 Å². The van der Waals surface area contributed by atoms with Gasteiger partial charge in [-0.25, -0.2) is 4.98 Å². The molecule has 0 aliphatic carbocycles. The monoisotopic (exact) mass is 196 g/mol. The molecule has 1 atom stereocenters. The van der Waals surface area contributed by atoms with Gasteiger partial charge in [-0.15, -0.1) is 0 Å². The minimum absolute atomic E-state index is 0.190. The largest absolute Gasteiger partial charge is 0.391 e. The Morgan fingerprint density at radius 3 is 3.14 bits per heavy atom. The molecule has 0 spiro atoms. The summed E-state index contributed by atoms with van der Waals surface area (Å²) in [6, 6.07) is 0. The number of aliphatic hydroxyl groups excluding tert-OH is 1. The summed E-state index contributed by atoms with van der Waals surface area (Å²) in [5.41, 5.74) is 0.0389. The van der Waals surface area contributed by atoms with Crippen LogP contribution in [0.5, 0.6) is 0 Å². The van der Waals surface area contributed by atoms with Gasteiger partial charge in [0.2, 0.25) is 0 Å². The highest BCUT2D eigenvalue weighted by Gasteiger charge is 2.20. The predicted molar refractivity (Wildman–Crippen MR) is 49.0 cm³/mol. The van der Waals surface area contributed by atoms with Crippen LogP contribution in [0.3, 0.4) is 0 Å². The van der Waals surface area contributed by atoms with E-state index in [9.17, 15) is 4.79 Å². The Morgan fingerprint density at radius 1 is 1.71 bits per heavy atom. The molecule has 0 aromatic carbocycles. The Morgan fingerprint density at radius 2 is 2.57 bits per heavy atom. The van der Waals surface area contributed by atoms with Gasteiger partial charge in [-0.2, -0.15) is 0 Å². The van der Waals surface area contributed by atoms with Crippen molar-refractivity contribution in [1.29, 1.82) is 0 Å². The van der Waals surface area contributed by atoms with Gasteiger partial charge in [-0.3, -0.25) is 4.79 Å². The maximum Gasteiger partial charge on any atom is 0.256 e. The second-order valence-electron chi connectivity index (χ2n) is 3.34. The standard InChI is InChI=1S/C9H12N2O3/c12-4-7-3-10-8(11-9(7)13)6-1-2-14-5-6/h3,6,12H,1-2,4-5H2,(H,10,11,13). The third-order valence-electron chi connectivity index (χ3n) is 2.38. The van der Waals surface area contributed by atoms with Gasteiger partial charge in [0.05, 0.1) is 18.8 Å². The quantitative estimate of drug-likeness (QED) is 0.685. The first-order chi connectivity index (χ1) is 6.81. The number of hydrogen-bond donors (Lipinski definition) is 2. The fourth-order valence-corrected chi connectivity index (χ4v) is 1.51. The van der Waals surface area contributed by atoms with Gasteiger partial charge < -0.3 is 14.8 Å². The van der Waals surface area contributed by atoms with Gasteiger partial charge in [-0.1, -0.05) is 0 Å². The third kappa shape index (κ3) is 1.69. The molecule has 1 aromatic heterocycles. The number of aromatic nitrogens is 2. The lowest BCUT2D eigenvalue weighted by atomic mass is 10.1. The molecule has 0 radical (unpaired) electrons. The highest BCUT2D eigenvalue weighted by molar-refractivity contribution is 5.07. The van der Waals surface area contributed by atoms with Gasteiger partial charge in [-0.05, 0) is 6.42 Å². The summed E-state index contributed by atoms with van der Waals surface area (Å²) in [6.07, 6.45) is 2.31. The summed E-state index contributed by atoms with van der Waals surface area (Å²) in [4.78, 5) is 18.1. The van der Waals surface area contributed by atoms with E-state index < -0.39 is 0 Å². The zero-order valence-corrected chi connectivity index (χ0v) is 7.69.